The van der Waals surface area contributed by atoms with Gasteiger partial charge in [-0.15, -0.1) is 13.2 Å². The highest BCUT2D eigenvalue weighted by Crippen LogP contribution is 2.35. The van der Waals surface area contributed by atoms with E-state index in [0.717, 1.165) is 6.07 Å². The molecule has 0 saturated carbocycles. The Balaban J connectivity index is 2.40. The quantitative estimate of drug-likeness (QED) is 0.931. The van der Waals surface area contributed by atoms with Gasteiger partial charge in [0.1, 0.15) is 23.4 Å². The number of furan rings is 1. The summed E-state index contributed by atoms with van der Waals surface area (Å²) in [7, 11) is 0. The molecule has 0 fully saturated rings. The summed E-state index contributed by atoms with van der Waals surface area (Å²) < 4.78 is 46.3. The van der Waals surface area contributed by atoms with Gasteiger partial charge in [-0.3, -0.25) is 0 Å². The van der Waals surface area contributed by atoms with Crippen LogP contribution in [0.5, 0.6) is 5.75 Å². The van der Waals surface area contributed by atoms with Crippen LogP contribution in [-0.4, -0.2) is 11.5 Å². The van der Waals surface area contributed by atoms with Crippen molar-refractivity contribution in [3.05, 3.63) is 53.0 Å². The fourth-order valence-corrected chi connectivity index (χ4v) is 2.01. The van der Waals surface area contributed by atoms with Gasteiger partial charge in [0.05, 0.1) is 0 Å². The van der Waals surface area contributed by atoms with E-state index < -0.39 is 18.2 Å². The first-order chi connectivity index (χ1) is 9.28. The Labute approximate surface area is 113 Å². The lowest BCUT2D eigenvalue weighted by Gasteiger charge is -2.16. The van der Waals surface area contributed by atoms with E-state index in [1.54, 1.807) is 19.9 Å². The molecule has 0 bridgehead atoms. The summed E-state index contributed by atoms with van der Waals surface area (Å²) in [5.74, 6) is 0.605. The zero-order valence-electron chi connectivity index (χ0n) is 10.9. The Morgan fingerprint density at radius 2 is 1.80 bits per heavy atom. The van der Waals surface area contributed by atoms with Crippen LogP contribution in [0.2, 0.25) is 0 Å². The molecular weight excluding hydrogens is 273 g/mol. The Kier molecular flexibility index (Phi) is 3.76. The van der Waals surface area contributed by atoms with Crippen LogP contribution < -0.4 is 4.74 Å². The molecule has 1 aromatic carbocycles. The molecule has 1 atom stereocenters. The number of aryl methyl sites for hydroxylation is 2. The summed E-state index contributed by atoms with van der Waals surface area (Å²) in [5, 5.41) is 10.3. The smallest absolute Gasteiger partial charge is 0.466 e. The van der Waals surface area contributed by atoms with Gasteiger partial charge in [0.2, 0.25) is 0 Å². The van der Waals surface area contributed by atoms with E-state index in [4.69, 9.17) is 4.42 Å². The predicted molar refractivity (Wildman–Crippen MR) is 65.4 cm³/mol. The van der Waals surface area contributed by atoms with E-state index in [0.29, 0.717) is 17.1 Å². The van der Waals surface area contributed by atoms with Crippen molar-refractivity contribution >= 4 is 0 Å². The minimum atomic E-state index is -4.81. The topological polar surface area (TPSA) is 42.6 Å². The van der Waals surface area contributed by atoms with Crippen LogP contribution in [0.15, 0.2) is 34.7 Å². The number of hydrogen-bond acceptors (Lipinski definition) is 3. The highest BCUT2D eigenvalue weighted by molar-refractivity contribution is 5.41. The summed E-state index contributed by atoms with van der Waals surface area (Å²) >= 11 is 0. The lowest BCUT2D eigenvalue weighted by Crippen LogP contribution is -2.18. The van der Waals surface area contributed by atoms with Crippen molar-refractivity contribution in [1.29, 1.82) is 0 Å². The second-order valence-corrected chi connectivity index (χ2v) is 4.36. The van der Waals surface area contributed by atoms with E-state index in [2.05, 4.69) is 4.74 Å². The lowest BCUT2D eigenvalue weighted by atomic mass is 10.0. The zero-order valence-corrected chi connectivity index (χ0v) is 10.9. The van der Waals surface area contributed by atoms with Gasteiger partial charge in [-0.1, -0.05) is 18.2 Å². The van der Waals surface area contributed by atoms with Gasteiger partial charge in [0, 0.05) is 11.1 Å². The third-order valence-electron chi connectivity index (χ3n) is 2.81. The van der Waals surface area contributed by atoms with Crippen molar-refractivity contribution in [3.8, 4) is 5.75 Å². The molecule has 0 aliphatic heterocycles. The predicted octanol–water partition coefficient (Wildman–Crippen LogP) is 3.88. The minimum absolute atomic E-state index is 0.0359. The van der Waals surface area contributed by atoms with Crippen LogP contribution in [0, 0.1) is 13.8 Å². The third kappa shape index (κ3) is 3.14. The van der Waals surface area contributed by atoms with E-state index in [9.17, 15) is 18.3 Å². The van der Waals surface area contributed by atoms with E-state index >= 15 is 0 Å². The summed E-state index contributed by atoms with van der Waals surface area (Å²) in [5.41, 5.74) is 0.453. The van der Waals surface area contributed by atoms with E-state index in [-0.39, 0.29) is 5.56 Å². The third-order valence-corrected chi connectivity index (χ3v) is 2.81. The van der Waals surface area contributed by atoms with Gasteiger partial charge in [-0.25, -0.2) is 0 Å². The van der Waals surface area contributed by atoms with Crippen LogP contribution >= 0.6 is 0 Å². The maximum absolute atomic E-state index is 12.3. The van der Waals surface area contributed by atoms with Crippen molar-refractivity contribution in [1.82, 2.24) is 0 Å². The largest absolute Gasteiger partial charge is 0.573 e. The molecule has 20 heavy (non-hydrogen) atoms. The number of benzene rings is 1. The highest BCUT2D eigenvalue weighted by atomic mass is 19.4. The first kappa shape index (κ1) is 14.5. The number of alkyl halides is 3. The number of para-hydroxylation sites is 1. The Bertz CT molecular complexity index is 602. The molecule has 0 aliphatic carbocycles. The summed E-state index contributed by atoms with van der Waals surface area (Å²) in [6.45, 7) is 3.33. The molecule has 0 saturated heterocycles. The van der Waals surface area contributed by atoms with Crippen molar-refractivity contribution in [2.24, 2.45) is 0 Å². The van der Waals surface area contributed by atoms with Crippen LogP contribution in [-0.2, 0) is 0 Å². The number of ether oxygens (including phenoxy) is 1. The van der Waals surface area contributed by atoms with Crippen LogP contribution in [0.4, 0.5) is 13.2 Å². The standard InChI is InChI=1S/C14H13F3O3/c1-8-7-11(9(2)19-8)13(18)10-5-3-4-6-12(10)20-14(15,16)17/h3-7,13,18H,1-2H3. The number of hydrogen-bond donors (Lipinski definition) is 1. The second kappa shape index (κ2) is 5.20. The molecule has 3 nitrogen and oxygen atoms in total. The fourth-order valence-electron chi connectivity index (χ4n) is 2.01. The zero-order chi connectivity index (χ0) is 14.9. The molecular formula is C14H13F3O3. The number of aliphatic hydroxyl groups excluding tert-OH is 1. The van der Waals surface area contributed by atoms with Gasteiger partial charge >= 0.3 is 6.36 Å². The van der Waals surface area contributed by atoms with Gasteiger partial charge in [-0.2, -0.15) is 0 Å². The van der Waals surface area contributed by atoms with Gasteiger partial charge in [0.15, 0.2) is 0 Å². The molecule has 1 aromatic heterocycles. The van der Waals surface area contributed by atoms with Crippen LogP contribution in [0.3, 0.4) is 0 Å². The first-order valence-electron chi connectivity index (χ1n) is 5.87. The molecule has 0 spiro atoms. The molecule has 6 heteroatoms. The molecule has 0 amide bonds. The maximum Gasteiger partial charge on any atom is 0.573 e. The molecule has 108 valence electrons. The number of halogens is 3. The summed E-state index contributed by atoms with van der Waals surface area (Å²) in [6.07, 6.45) is -6.05. The lowest BCUT2D eigenvalue weighted by molar-refractivity contribution is -0.275. The van der Waals surface area contributed by atoms with Crippen molar-refractivity contribution in [3.63, 3.8) is 0 Å². The average molecular weight is 286 g/mol. The van der Waals surface area contributed by atoms with E-state index in [1.807, 2.05) is 0 Å². The first-order valence-corrected chi connectivity index (χ1v) is 5.87. The molecule has 0 aliphatic rings. The molecule has 2 rings (SSSR count). The average Bonchev–Trinajstić information content (AvgIpc) is 2.66. The summed E-state index contributed by atoms with van der Waals surface area (Å²) in [4.78, 5) is 0. The minimum Gasteiger partial charge on any atom is -0.466 e. The fraction of sp³-hybridized carbons (Fsp3) is 0.286. The van der Waals surface area contributed by atoms with Crippen molar-refractivity contribution in [2.45, 2.75) is 26.3 Å². The van der Waals surface area contributed by atoms with Crippen molar-refractivity contribution < 1.29 is 27.4 Å². The highest BCUT2D eigenvalue weighted by Gasteiger charge is 2.33. The summed E-state index contributed by atoms with van der Waals surface area (Å²) in [6, 6.07) is 7.07. The Morgan fingerprint density at radius 3 is 2.35 bits per heavy atom. The van der Waals surface area contributed by atoms with Crippen LogP contribution in [0.25, 0.3) is 0 Å². The molecule has 1 N–H and O–H groups in total. The normalized spacial score (nSPS) is 13.3. The van der Waals surface area contributed by atoms with Crippen molar-refractivity contribution in [2.75, 3.05) is 0 Å². The number of aliphatic hydroxyl groups is 1. The molecule has 0 radical (unpaired) electrons. The number of rotatable bonds is 3. The Hall–Kier alpha value is -1.95. The van der Waals surface area contributed by atoms with Crippen LogP contribution in [0.1, 0.15) is 28.8 Å². The van der Waals surface area contributed by atoms with Gasteiger partial charge < -0.3 is 14.3 Å². The maximum atomic E-state index is 12.3. The second-order valence-electron chi connectivity index (χ2n) is 4.36. The Morgan fingerprint density at radius 1 is 1.15 bits per heavy atom. The SMILES string of the molecule is Cc1cc(C(O)c2ccccc2OC(F)(F)F)c(C)o1. The molecule has 2 aromatic rings. The molecule has 1 heterocycles. The monoisotopic (exact) mass is 286 g/mol. The van der Waals surface area contributed by atoms with Gasteiger partial charge in [0.25, 0.3) is 0 Å². The van der Waals surface area contributed by atoms with Gasteiger partial charge in [-0.05, 0) is 26.0 Å². The molecule has 1 unspecified atom stereocenters. The van der Waals surface area contributed by atoms with E-state index in [1.165, 1.54) is 18.2 Å².